The minimum Gasteiger partial charge on any atom is -0.303 e. The van der Waals surface area contributed by atoms with E-state index in [1.807, 2.05) is 14.1 Å². The van der Waals surface area contributed by atoms with Crippen molar-refractivity contribution in [2.75, 3.05) is 14.1 Å². The summed E-state index contributed by atoms with van der Waals surface area (Å²) in [4.78, 5) is 0. The molecule has 0 unspecified atom stereocenters. The molecule has 0 aromatic carbocycles. The molecule has 2 heteroatoms. The van der Waals surface area contributed by atoms with Gasteiger partial charge in [-0.05, 0) is 6.08 Å². The molecule has 0 rings (SSSR count). The molecule has 0 fully saturated rings. The smallest absolute Gasteiger partial charge is 0.0464 e. The van der Waals surface area contributed by atoms with E-state index < -0.39 is 0 Å². The molecule has 0 aliphatic rings. The van der Waals surface area contributed by atoms with E-state index in [1.165, 1.54) is 0 Å². The number of nitrogens with zero attached hydrogens (tertiary/aromatic N) is 2. The Balaban J connectivity index is 3.25. The molecule has 0 bridgehead atoms. The van der Waals surface area contributed by atoms with Gasteiger partial charge in [0.1, 0.15) is 0 Å². The second kappa shape index (κ2) is 3.40. The van der Waals surface area contributed by atoms with Crippen LogP contribution in [0.15, 0.2) is 17.8 Å². The third-order valence-electron chi connectivity index (χ3n) is 0.403. The summed E-state index contributed by atoms with van der Waals surface area (Å²) in [5.41, 5.74) is 0. The molecule has 0 amide bonds. The van der Waals surface area contributed by atoms with E-state index in [-0.39, 0.29) is 0 Å². The van der Waals surface area contributed by atoms with Crippen LogP contribution in [0.2, 0.25) is 0 Å². The van der Waals surface area contributed by atoms with Crippen LogP contribution in [0.25, 0.3) is 0 Å². The van der Waals surface area contributed by atoms with E-state index in [1.54, 1.807) is 17.3 Å². The largest absolute Gasteiger partial charge is 0.303 e. The van der Waals surface area contributed by atoms with Crippen LogP contribution in [0.1, 0.15) is 0 Å². The number of hydrazone groups is 1. The lowest BCUT2D eigenvalue weighted by molar-refractivity contribution is 0.440. The Labute approximate surface area is 44.1 Å². The second-order valence-corrected chi connectivity index (χ2v) is 1.35. The van der Waals surface area contributed by atoms with Crippen molar-refractivity contribution in [1.82, 2.24) is 5.01 Å². The highest BCUT2D eigenvalue weighted by Crippen LogP contribution is 1.69. The number of hydrogen-bond acceptors (Lipinski definition) is 2. The molecule has 0 radical (unpaired) electrons. The molecule has 0 saturated carbocycles. The Morgan fingerprint density at radius 1 is 1.57 bits per heavy atom. The summed E-state index contributed by atoms with van der Waals surface area (Å²) in [6, 6.07) is 0. The molecule has 0 atom stereocenters. The van der Waals surface area contributed by atoms with Gasteiger partial charge in [0.2, 0.25) is 0 Å². The molecule has 0 aliphatic carbocycles. The molecule has 2 nitrogen and oxygen atoms in total. The van der Waals surface area contributed by atoms with Gasteiger partial charge in [0.25, 0.3) is 0 Å². The maximum atomic E-state index is 3.83. The minimum atomic E-state index is 1.64. The minimum absolute atomic E-state index is 1.64. The van der Waals surface area contributed by atoms with Crippen LogP contribution in [0.4, 0.5) is 0 Å². The van der Waals surface area contributed by atoms with Crippen molar-refractivity contribution in [3.05, 3.63) is 12.7 Å². The molecule has 0 N–H and O–H groups in total. The SMILES string of the molecule is C=CC=NN(C)C. The van der Waals surface area contributed by atoms with Crippen LogP contribution in [0.5, 0.6) is 0 Å². The first kappa shape index (κ1) is 6.21. The molecule has 7 heavy (non-hydrogen) atoms. The van der Waals surface area contributed by atoms with Gasteiger partial charge in [-0.1, -0.05) is 6.58 Å². The molecular weight excluding hydrogens is 88.1 g/mol. The third kappa shape index (κ3) is 5.21. The highest BCUT2D eigenvalue weighted by atomic mass is 15.4. The maximum Gasteiger partial charge on any atom is 0.0464 e. The zero-order valence-electron chi connectivity index (χ0n) is 4.76. The van der Waals surface area contributed by atoms with Crippen LogP contribution >= 0.6 is 0 Å². The first-order valence-electron chi connectivity index (χ1n) is 2.09. The quantitative estimate of drug-likeness (QED) is 0.367. The van der Waals surface area contributed by atoms with Crippen molar-refractivity contribution in [2.45, 2.75) is 0 Å². The van der Waals surface area contributed by atoms with Gasteiger partial charge in [-0.15, -0.1) is 0 Å². The molecule has 0 aromatic rings. The number of hydrogen-bond donors (Lipinski definition) is 0. The van der Waals surface area contributed by atoms with E-state index >= 15 is 0 Å². The van der Waals surface area contributed by atoms with Crippen LogP contribution in [-0.4, -0.2) is 25.3 Å². The van der Waals surface area contributed by atoms with Crippen LogP contribution < -0.4 is 0 Å². The molecule has 0 heterocycles. The summed E-state index contributed by atoms with van der Waals surface area (Å²) in [6.07, 6.45) is 3.28. The van der Waals surface area contributed by atoms with Crippen molar-refractivity contribution in [3.63, 3.8) is 0 Å². The fraction of sp³-hybridized carbons (Fsp3) is 0.400. The van der Waals surface area contributed by atoms with Gasteiger partial charge in [0, 0.05) is 20.3 Å². The van der Waals surface area contributed by atoms with Crippen molar-refractivity contribution in [1.29, 1.82) is 0 Å². The fourth-order valence-corrected chi connectivity index (χ4v) is 0.180. The van der Waals surface area contributed by atoms with E-state index in [0.29, 0.717) is 0 Å². The second-order valence-electron chi connectivity index (χ2n) is 1.35. The Bertz CT molecular complexity index is 74.1. The summed E-state index contributed by atoms with van der Waals surface area (Å²) in [6.45, 7) is 3.46. The molecule has 40 valence electrons. The fourth-order valence-electron chi connectivity index (χ4n) is 0.180. The van der Waals surface area contributed by atoms with Crippen molar-refractivity contribution in [2.24, 2.45) is 5.10 Å². The average molecular weight is 98.1 g/mol. The Hall–Kier alpha value is -0.790. The van der Waals surface area contributed by atoms with Crippen LogP contribution in [0, 0.1) is 0 Å². The lowest BCUT2D eigenvalue weighted by Crippen LogP contribution is -2.00. The van der Waals surface area contributed by atoms with E-state index in [2.05, 4.69) is 11.7 Å². The Morgan fingerprint density at radius 2 is 2.14 bits per heavy atom. The summed E-state index contributed by atoms with van der Waals surface area (Å²) in [5, 5.41) is 5.54. The van der Waals surface area contributed by atoms with Gasteiger partial charge in [-0.25, -0.2) is 0 Å². The predicted molar refractivity (Wildman–Crippen MR) is 32.4 cm³/mol. The summed E-state index contributed by atoms with van der Waals surface area (Å²) in [5.74, 6) is 0. The molecular formula is C5H10N2. The number of rotatable bonds is 2. The lowest BCUT2D eigenvalue weighted by Gasteiger charge is -1.99. The van der Waals surface area contributed by atoms with E-state index in [9.17, 15) is 0 Å². The zero-order chi connectivity index (χ0) is 5.70. The highest BCUT2D eigenvalue weighted by Gasteiger charge is 1.67. The summed E-state index contributed by atoms with van der Waals surface area (Å²) >= 11 is 0. The van der Waals surface area contributed by atoms with E-state index in [4.69, 9.17) is 0 Å². The van der Waals surface area contributed by atoms with Gasteiger partial charge in [0.15, 0.2) is 0 Å². The first-order chi connectivity index (χ1) is 3.27. The molecule has 0 saturated heterocycles. The topological polar surface area (TPSA) is 15.6 Å². The predicted octanol–water partition coefficient (Wildman–Crippen LogP) is 0.720. The Morgan fingerprint density at radius 3 is 2.29 bits per heavy atom. The monoisotopic (exact) mass is 98.1 g/mol. The Kier molecular flexibility index (Phi) is 3.02. The third-order valence-corrected chi connectivity index (χ3v) is 0.403. The highest BCUT2D eigenvalue weighted by molar-refractivity contribution is 5.69. The number of allylic oxidation sites excluding steroid dienone is 1. The molecule has 0 aromatic heterocycles. The van der Waals surface area contributed by atoms with Crippen molar-refractivity contribution in [3.8, 4) is 0 Å². The van der Waals surface area contributed by atoms with Gasteiger partial charge in [-0.2, -0.15) is 5.10 Å². The van der Waals surface area contributed by atoms with E-state index in [0.717, 1.165) is 0 Å². The summed E-state index contributed by atoms with van der Waals surface area (Å²) in [7, 11) is 3.72. The first-order valence-corrected chi connectivity index (χ1v) is 2.09. The standard InChI is InChI=1S/C5H10N2/c1-4-5-6-7(2)3/h4-5H,1H2,2-3H3. The van der Waals surface area contributed by atoms with Gasteiger partial charge in [-0.3, -0.25) is 0 Å². The normalized spacial score (nSPS) is 9.43. The molecule has 0 spiro atoms. The van der Waals surface area contributed by atoms with Crippen LogP contribution in [0.3, 0.4) is 0 Å². The van der Waals surface area contributed by atoms with Gasteiger partial charge < -0.3 is 5.01 Å². The lowest BCUT2D eigenvalue weighted by atomic mass is 10.7. The zero-order valence-corrected chi connectivity index (χ0v) is 4.76. The van der Waals surface area contributed by atoms with Crippen molar-refractivity contribution < 1.29 is 0 Å². The van der Waals surface area contributed by atoms with Gasteiger partial charge >= 0.3 is 0 Å². The molecule has 0 aliphatic heterocycles. The maximum absolute atomic E-state index is 3.83. The van der Waals surface area contributed by atoms with Crippen LogP contribution in [-0.2, 0) is 0 Å². The van der Waals surface area contributed by atoms with Crippen molar-refractivity contribution >= 4 is 6.21 Å². The van der Waals surface area contributed by atoms with Gasteiger partial charge in [0.05, 0.1) is 0 Å². The summed E-state index contributed by atoms with van der Waals surface area (Å²) < 4.78 is 0. The average Bonchev–Trinajstić information content (AvgIpc) is 1.61.